The molecule has 134 valence electrons. The normalized spacial score (nSPS) is 10.8. The van der Waals surface area contributed by atoms with E-state index >= 15 is 0 Å². The lowest BCUT2D eigenvalue weighted by Crippen LogP contribution is -2.08. The Kier molecular flexibility index (Phi) is 5.16. The van der Waals surface area contributed by atoms with Gasteiger partial charge < -0.3 is 9.47 Å². The van der Waals surface area contributed by atoms with E-state index in [0.29, 0.717) is 29.9 Å². The second-order valence-corrected chi connectivity index (χ2v) is 6.04. The predicted octanol–water partition coefficient (Wildman–Crippen LogP) is 4.46. The molecule has 0 N–H and O–H groups in total. The number of ether oxygens (including phenoxy) is 2. The highest BCUT2D eigenvalue weighted by molar-refractivity contribution is 6.01. The molecule has 0 unspecified atom stereocenters. The van der Waals surface area contributed by atoms with Gasteiger partial charge in [0.25, 0.3) is 0 Å². The fourth-order valence-electron chi connectivity index (χ4n) is 2.98. The monoisotopic (exact) mass is 353 g/mol. The van der Waals surface area contributed by atoms with Crippen molar-refractivity contribution < 1.29 is 18.7 Å². The number of aryl methyl sites for hydroxylation is 1. The molecule has 0 bridgehead atoms. The second kappa shape index (κ2) is 7.52. The van der Waals surface area contributed by atoms with Gasteiger partial charge in [0.1, 0.15) is 16.9 Å². The Labute approximate surface area is 151 Å². The molecule has 26 heavy (non-hydrogen) atoms. The zero-order valence-electron chi connectivity index (χ0n) is 15.0. The lowest BCUT2D eigenvalue weighted by Gasteiger charge is -2.13. The van der Waals surface area contributed by atoms with Gasteiger partial charge in [0.15, 0.2) is 5.75 Å². The Hall–Kier alpha value is -2.95. The van der Waals surface area contributed by atoms with Crippen LogP contribution in [0.1, 0.15) is 34.0 Å². The first-order chi connectivity index (χ1) is 12.5. The number of methoxy groups -OCH3 is 1. The van der Waals surface area contributed by atoms with Crippen molar-refractivity contribution in [1.82, 2.24) is 4.98 Å². The summed E-state index contributed by atoms with van der Waals surface area (Å²) >= 11 is 0. The number of aromatic nitrogens is 1. The van der Waals surface area contributed by atoms with E-state index in [1.807, 2.05) is 13.0 Å². The number of esters is 1. The smallest absolute Gasteiger partial charge is 0.342 e. The van der Waals surface area contributed by atoms with Crippen LogP contribution in [0.3, 0.4) is 0 Å². The number of nitrogens with zero attached hydrogens (tertiary/aromatic N) is 1. The van der Waals surface area contributed by atoms with Gasteiger partial charge in [-0.2, -0.15) is 0 Å². The number of halogens is 1. The molecular formula is C21H20FNO3. The first kappa shape index (κ1) is 17.9. The standard InChI is InChI=1S/C21H20FNO3/c1-4-26-21(24)18-9-13(2)17-11-15(12-23-19(17)20(18)25-3)10-14-5-7-16(22)8-6-14/h5-9,11-12H,4,10H2,1-3H3. The summed E-state index contributed by atoms with van der Waals surface area (Å²) in [4.78, 5) is 16.7. The summed E-state index contributed by atoms with van der Waals surface area (Å²) in [6.45, 7) is 3.98. The van der Waals surface area contributed by atoms with Gasteiger partial charge in [0, 0.05) is 11.6 Å². The molecule has 3 rings (SSSR count). The molecule has 0 fully saturated rings. The van der Waals surface area contributed by atoms with Crippen LogP contribution in [0.5, 0.6) is 5.75 Å². The molecule has 1 heterocycles. The van der Waals surface area contributed by atoms with E-state index in [2.05, 4.69) is 4.98 Å². The highest BCUT2D eigenvalue weighted by Gasteiger charge is 2.19. The van der Waals surface area contributed by atoms with E-state index in [4.69, 9.17) is 9.47 Å². The maximum Gasteiger partial charge on any atom is 0.342 e. The molecule has 0 saturated carbocycles. The van der Waals surface area contributed by atoms with Crippen molar-refractivity contribution >= 4 is 16.9 Å². The summed E-state index contributed by atoms with van der Waals surface area (Å²) in [7, 11) is 1.51. The Morgan fingerprint density at radius 2 is 1.88 bits per heavy atom. The van der Waals surface area contributed by atoms with Crippen molar-refractivity contribution in [2.45, 2.75) is 20.3 Å². The molecule has 0 radical (unpaired) electrons. The molecule has 2 aromatic carbocycles. The van der Waals surface area contributed by atoms with Crippen LogP contribution < -0.4 is 4.74 Å². The molecular weight excluding hydrogens is 333 g/mol. The van der Waals surface area contributed by atoms with E-state index in [1.165, 1.54) is 19.2 Å². The maximum absolute atomic E-state index is 13.1. The van der Waals surface area contributed by atoms with Gasteiger partial charge in [-0.15, -0.1) is 0 Å². The van der Waals surface area contributed by atoms with Crippen molar-refractivity contribution in [3.8, 4) is 5.75 Å². The zero-order valence-corrected chi connectivity index (χ0v) is 15.0. The van der Waals surface area contributed by atoms with E-state index in [0.717, 1.165) is 22.1 Å². The number of rotatable bonds is 5. The van der Waals surface area contributed by atoms with Crippen LogP contribution in [0.2, 0.25) is 0 Å². The molecule has 0 aliphatic rings. The first-order valence-electron chi connectivity index (χ1n) is 8.41. The lowest BCUT2D eigenvalue weighted by atomic mass is 10.00. The molecule has 4 nitrogen and oxygen atoms in total. The fraction of sp³-hybridized carbons (Fsp3) is 0.238. The number of benzene rings is 2. The third-order valence-corrected chi connectivity index (χ3v) is 4.21. The number of carbonyl (C=O) groups is 1. The Morgan fingerprint density at radius 3 is 2.54 bits per heavy atom. The highest BCUT2D eigenvalue weighted by Crippen LogP contribution is 2.32. The minimum absolute atomic E-state index is 0.252. The minimum Gasteiger partial charge on any atom is -0.494 e. The largest absolute Gasteiger partial charge is 0.494 e. The number of fused-ring (bicyclic) bond motifs is 1. The molecule has 0 spiro atoms. The molecule has 0 saturated heterocycles. The second-order valence-electron chi connectivity index (χ2n) is 6.04. The van der Waals surface area contributed by atoms with Crippen molar-refractivity contribution in [1.29, 1.82) is 0 Å². The topological polar surface area (TPSA) is 48.4 Å². The van der Waals surface area contributed by atoms with Crippen molar-refractivity contribution in [3.63, 3.8) is 0 Å². The van der Waals surface area contributed by atoms with Crippen LogP contribution in [0, 0.1) is 12.7 Å². The Balaban J connectivity index is 2.04. The van der Waals surface area contributed by atoms with E-state index in [-0.39, 0.29) is 5.82 Å². The maximum atomic E-state index is 13.1. The molecule has 0 atom stereocenters. The summed E-state index contributed by atoms with van der Waals surface area (Å²) in [6, 6.07) is 10.2. The molecule has 0 amide bonds. The number of pyridine rings is 1. The average molecular weight is 353 g/mol. The van der Waals surface area contributed by atoms with Gasteiger partial charge in [-0.3, -0.25) is 4.98 Å². The fourth-order valence-corrected chi connectivity index (χ4v) is 2.98. The van der Waals surface area contributed by atoms with Gasteiger partial charge in [-0.1, -0.05) is 12.1 Å². The van der Waals surface area contributed by atoms with Crippen LogP contribution in [0.15, 0.2) is 42.6 Å². The number of hydrogen-bond donors (Lipinski definition) is 0. The van der Waals surface area contributed by atoms with E-state index < -0.39 is 5.97 Å². The number of carbonyl (C=O) groups excluding carboxylic acids is 1. The van der Waals surface area contributed by atoms with Crippen LogP contribution in [-0.4, -0.2) is 24.7 Å². The molecule has 0 aliphatic heterocycles. The average Bonchev–Trinajstić information content (AvgIpc) is 2.64. The predicted molar refractivity (Wildman–Crippen MR) is 98.2 cm³/mol. The zero-order chi connectivity index (χ0) is 18.7. The first-order valence-corrected chi connectivity index (χ1v) is 8.41. The van der Waals surface area contributed by atoms with E-state index in [9.17, 15) is 9.18 Å². The van der Waals surface area contributed by atoms with Crippen LogP contribution >= 0.6 is 0 Å². The quantitative estimate of drug-likeness (QED) is 0.636. The third-order valence-electron chi connectivity index (χ3n) is 4.21. The summed E-state index contributed by atoms with van der Waals surface area (Å²) < 4.78 is 23.6. The van der Waals surface area contributed by atoms with Crippen molar-refractivity contribution in [2.24, 2.45) is 0 Å². The lowest BCUT2D eigenvalue weighted by molar-refractivity contribution is 0.0523. The van der Waals surface area contributed by atoms with Crippen LogP contribution in [0.25, 0.3) is 10.9 Å². The SMILES string of the molecule is CCOC(=O)c1cc(C)c2cc(Cc3ccc(F)cc3)cnc2c1OC. The van der Waals surface area contributed by atoms with Gasteiger partial charge >= 0.3 is 5.97 Å². The van der Waals surface area contributed by atoms with Gasteiger partial charge in [0.2, 0.25) is 0 Å². The summed E-state index contributed by atoms with van der Waals surface area (Å²) in [6.07, 6.45) is 2.40. The summed E-state index contributed by atoms with van der Waals surface area (Å²) in [5.74, 6) is -0.263. The highest BCUT2D eigenvalue weighted by atomic mass is 19.1. The van der Waals surface area contributed by atoms with Gasteiger partial charge in [-0.25, -0.2) is 9.18 Å². The van der Waals surface area contributed by atoms with Crippen LogP contribution in [-0.2, 0) is 11.2 Å². The molecule has 0 aliphatic carbocycles. The van der Waals surface area contributed by atoms with Gasteiger partial charge in [0.05, 0.1) is 13.7 Å². The van der Waals surface area contributed by atoms with Crippen LogP contribution in [0.4, 0.5) is 4.39 Å². The van der Waals surface area contributed by atoms with Crippen molar-refractivity contribution in [3.05, 3.63) is 70.7 Å². The number of hydrogen-bond acceptors (Lipinski definition) is 4. The minimum atomic E-state index is -0.425. The third kappa shape index (κ3) is 3.52. The summed E-state index contributed by atoms with van der Waals surface area (Å²) in [5, 5.41) is 0.912. The van der Waals surface area contributed by atoms with Gasteiger partial charge in [-0.05, 0) is 61.2 Å². The summed E-state index contributed by atoms with van der Waals surface area (Å²) in [5.41, 5.74) is 3.91. The molecule has 5 heteroatoms. The Morgan fingerprint density at radius 1 is 1.15 bits per heavy atom. The van der Waals surface area contributed by atoms with Crippen molar-refractivity contribution in [2.75, 3.05) is 13.7 Å². The molecule has 3 aromatic rings. The van der Waals surface area contributed by atoms with E-state index in [1.54, 1.807) is 31.3 Å². The molecule has 1 aromatic heterocycles. The Bertz CT molecular complexity index is 952.